The lowest BCUT2D eigenvalue weighted by Crippen LogP contribution is -2.76. The number of rotatable bonds is 6. The second-order valence-corrected chi connectivity index (χ2v) is 16.2. The molecule has 7 heteroatoms. The fourth-order valence-electron chi connectivity index (χ4n) is 10.5. The lowest BCUT2D eigenvalue weighted by molar-refractivity contribution is -0.205. The fraction of sp³-hybridized carbons (Fsp3) is 0.615. The predicted octanol–water partition coefficient (Wildman–Crippen LogP) is 6.51. The van der Waals surface area contributed by atoms with Gasteiger partial charge in [0.15, 0.2) is 28.7 Å². The summed E-state index contributed by atoms with van der Waals surface area (Å²) in [5.74, 6) is -7.89. The molecule has 246 valence electrons. The molecule has 0 saturated heterocycles. The van der Waals surface area contributed by atoms with E-state index in [0.29, 0.717) is 23.5 Å². The minimum absolute atomic E-state index is 0.0124. The van der Waals surface area contributed by atoms with E-state index >= 15 is 0 Å². The Morgan fingerprint density at radius 1 is 1.00 bits per heavy atom. The molecule has 0 spiro atoms. The normalized spacial score (nSPS) is 34.5. The Hall–Kier alpha value is -3.19. The van der Waals surface area contributed by atoms with Crippen LogP contribution in [0.2, 0.25) is 0 Å². The number of carbonyl (C=O) groups excluding carboxylic acids is 5. The first-order valence-electron chi connectivity index (χ1n) is 17.1. The number of allylic oxidation sites excluding steroid dienone is 4. The number of phenolic OH excluding ortho intramolecular Hbond substituents is 1. The maximum absolute atomic E-state index is 14.7. The molecule has 0 radical (unpaired) electrons. The van der Waals surface area contributed by atoms with Crippen LogP contribution in [0.1, 0.15) is 126 Å². The van der Waals surface area contributed by atoms with Gasteiger partial charge in [0.1, 0.15) is 17.5 Å². The van der Waals surface area contributed by atoms with E-state index < -0.39 is 63.1 Å². The molecular formula is C39H48O7. The number of benzene rings is 1. The average Bonchev–Trinajstić information content (AvgIpc) is 3.63. The standard InChI is InChI=1S/C39H48O7/c1-19(2)25-16-26(24-13-12-23(15-24)14-22-10-8-9-11-22)32(41)29-27(25)17-37(6)18-38(7)30(20(3)4)33(42)28(21(5)40)35(44)39(38,46)36(45)31(37)34(29)43/h12-13,16,19-20,22,28,30-31,41,46H,8-11,14-15,17-18H2,1-7H3/t28?,30?,31?,37-,38-,39+/m1/s1. The first-order chi connectivity index (χ1) is 21.5. The van der Waals surface area contributed by atoms with Crippen molar-refractivity contribution in [1.29, 1.82) is 0 Å². The van der Waals surface area contributed by atoms with Gasteiger partial charge < -0.3 is 10.2 Å². The maximum atomic E-state index is 14.7. The molecule has 3 saturated carbocycles. The molecule has 6 atom stereocenters. The smallest absolute Gasteiger partial charge is 0.190 e. The molecule has 0 aliphatic heterocycles. The third-order valence-electron chi connectivity index (χ3n) is 12.3. The van der Waals surface area contributed by atoms with Gasteiger partial charge in [0.05, 0.1) is 11.5 Å². The molecule has 1 aromatic rings. The molecule has 5 aliphatic carbocycles. The monoisotopic (exact) mass is 628 g/mol. The number of aromatic hydroxyl groups is 1. The number of fused-ring (bicyclic) bond motifs is 3. The molecule has 1 aromatic carbocycles. The van der Waals surface area contributed by atoms with E-state index in [4.69, 9.17) is 0 Å². The lowest BCUT2D eigenvalue weighted by Gasteiger charge is -2.62. The summed E-state index contributed by atoms with van der Waals surface area (Å²) in [7, 11) is 0. The quantitative estimate of drug-likeness (QED) is 0.344. The summed E-state index contributed by atoms with van der Waals surface area (Å²) in [6.45, 7) is 12.2. The molecular weight excluding hydrogens is 580 g/mol. The first kappa shape index (κ1) is 32.7. The Labute approximate surface area is 271 Å². The van der Waals surface area contributed by atoms with Gasteiger partial charge in [-0.25, -0.2) is 0 Å². The van der Waals surface area contributed by atoms with Crippen LogP contribution in [0.4, 0.5) is 0 Å². The number of hydrogen-bond acceptors (Lipinski definition) is 7. The van der Waals surface area contributed by atoms with Gasteiger partial charge >= 0.3 is 0 Å². The molecule has 0 bridgehead atoms. The lowest BCUT2D eigenvalue weighted by atomic mass is 9.39. The summed E-state index contributed by atoms with van der Waals surface area (Å²) in [5.41, 5.74) is -0.693. The van der Waals surface area contributed by atoms with Crippen LogP contribution in [-0.2, 0) is 25.6 Å². The Bertz CT molecular complexity index is 1640. The molecule has 7 nitrogen and oxygen atoms in total. The van der Waals surface area contributed by atoms with E-state index in [2.05, 4.69) is 6.08 Å². The van der Waals surface area contributed by atoms with E-state index in [1.54, 1.807) is 20.8 Å². The second-order valence-electron chi connectivity index (χ2n) is 16.2. The van der Waals surface area contributed by atoms with Crippen molar-refractivity contribution < 1.29 is 34.2 Å². The van der Waals surface area contributed by atoms with E-state index in [0.717, 1.165) is 24.5 Å². The number of hydrogen-bond donors (Lipinski definition) is 2. The van der Waals surface area contributed by atoms with Crippen molar-refractivity contribution in [2.45, 2.75) is 111 Å². The highest BCUT2D eigenvalue weighted by Crippen LogP contribution is 2.64. The average molecular weight is 629 g/mol. The SMILES string of the molecule is CC(=O)C1C(=O)C(C(C)C)[C@@]2(C)C[C@@]3(C)Cc4c(C(C)C)cc(C5=CC=C(CC6CCCC6)C5)c(O)c4C(=O)C3C(=O)[C@@]2(O)C1=O. The Balaban J connectivity index is 1.46. The van der Waals surface area contributed by atoms with Gasteiger partial charge in [0.2, 0.25) is 0 Å². The van der Waals surface area contributed by atoms with Gasteiger partial charge in [0, 0.05) is 16.9 Å². The zero-order valence-electron chi connectivity index (χ0n) is 28.3. The molecule has 5 aliphatic rings. The third-order valence-corrected chi connectivity index (χ3v) is 12.3. The number of carbonyl (C=O) groups is 5. The number of ketones is 5. The topological polar surface area (TPSA) is 126 Å². The van der Waals surface area contributed by atoms with Gasteiger partial charge in [-0.3, -0.25) is 24.0 Å². The molecule has 0 amide bonds. The van der Waals surface area contributed by atoms with Crippen molar-refractivity contribution in [3.63, 3.8) is 0 Å². The highest BCUT2D eigenvalue weighted by atomic mass is 16.3. The Kier molecular flexibility index (Phi) is 7.78. The Morgan fingerprint density at radius 2 is 1.65 bits per heavy atom. The third kappa shape index (κ3) is 4.43. The van der Waals surface area contributed by atoms with Crippen LogP contribution in [0.25, 0.3) is 5.57 Å². The highest BCUT2D eigenvalue weighted by molar-refractivity contribution is 6.32. The van der Waals surface area contributed by atoms with Crippen molar-refractivity contribution >= 4 is 34.5 Å². The molecule has 2 N–H and O–H groups in total. The van der Waals surface area contributed by atoms with Crippen molar-refractivity contribution in [2.75, 3.05) is 0 Å². The maximum Gasteiger partial charge on any atom is 0.190 e. The number of aliphatic hydroxyl groups is 1. The zero-order chi connectivity index (χ0) is 33.7. The van der Waals surface area contributed by atoms with Crippen molar-refractivity contribution in [2.24, 2.45) is 40.4 Å². The van der Waals surface area contributed by atoms with Crippen LogP contribution in [-0.4, -0.2) is 44.7 Å². The molecule has 46 heavy (non-hydrogen) atoms. The zero-order valence-corrected chi connectivity index (χ0v) is 28.3. The van der Waals surface area contributed by atoms with Crippen molar-refractivity contribution in [3.05, 3.63) is 46.0 Å². The van der Waals surface area contributed by atoms with Gasteiger partial charge in [-0.15, -0.1) is 0 Å². The van der Waals surface area contributed by atoms with Crippen LogP contribution < -0.4 is 0 Å². The van der Waals surface area contributed by atoms with E-state index in [9.17, 15) is 34.2 Å². The predicted molar refractivity (Wildman–Crippen MR) is 174 cm³/mol. The van der Waals surface area contributed by atoms with E-state index in [1.165, 1.54) is 31.3 Å². The van der Waals surface area contributed by atoms with E-state index in [1.807, 2.05) is 32.9 Å². The van der Waals surface area contributed by atoms with E-state index in [-0.39, 0.29) is 36.0 Å². The summed E-state index contributed by atoms with van der Waals surface area (Å²) in [6, 6.07) is 2.00. The fourth-order valence-corrected chi connectivity index (χ4v) is 10.5. The molecule has 0 heterocycles. The van der Waals surface area contributed by atoms with Gasteiger partial charge in [0.25, 0.3) is 0 Å². The molecule has 3 fully saturated rings. The first-order valence-corrected chi connectivity index (χ1v) is 17.1. The number of Topliss-reactive ketones (excluding diaryl/α,β-unsaturated/α-hetero) is 5. The minimum atomic E-state index is -2.69. The summed E-state index contributed by atoms with van der Waals surface area (Å²) in [4.78, 5) is 69.7. The summed E-state index contributed by atoms with van der Waals surface area (Å²) in [5, 5.41) is 24.2. The van der Waals surface area contributed by atoms with Crippen LogP contribution in [0.3, 0.4) is 0 Å². The second kappa shape index (κ2) is 10.9. The van der Waals surface area contributed by atoms with Crippen molar-refractivity contribution in [3.8, 4) is 5.75 Å². The highest BCUT2D eigenvalue weighted by Gasteiger charge is 2.76. The molecule has 0 aromatic heterocycles. The summed E-state index contributed by atoms with van der Waals surface area (Å²) < 4.78 is 0. The van der Waals surface area contributed by atoms with Crippen LogP contribution in [0.5, 0.6) is 5.75 Å². The minimum Gasteiger partial charge on any atom is -0.507 e. The van der Waals surface area contributed by atoms with Gasteiger partial charge in [-0.2, -0.15) is 0 Å². The molecule has 3 unspecified atom stereocenters. The Morgan fingerprint density at radius 3 is 2.24 bits per heavy atom. The van der Waals surface area contributed by atoms with Gasteiger partial charge in [-0.05, 0) is 78.5 Å². The van der Waals surface area contributed by atoms with Crippen LogP contribution in [0.15, 0.2) is 23.8 Å². The summed E-state index contributed by atoms with van der Waals surface area (Å²) >= 11 is 0. The molecule has 6 rings (SSSR count). The van der Waals surface area contributed by atoms with Gasteiger partial charge in [-0.1, -0.05) is 85.0 Å². The van der Waals surface area contributed by atoms with Crippen LogP contribution in [0, 0.1) is 40.4 Å². The summed E-state index contributed by atoms with van der Waals surface area (Å²) in [6.07, 6.45) is 11.2. The van der Waals surface area contributed by atoms with Crippen molar-refractivity contribution in [1.82, 2.24) is 0 Å². The van der Waals surface area contributed by atoms with Crippen LogP contribution >= 0.6 is 0 Å². The largest absolute Gasteiger partial charge is 0.507 e. The number of phenols is 1.